The highest BCUT2D eigenvalue weighted by Gasteiger charge is 2.24. The highest BCUT2D eigenvalue weighted by atomic mass is 16.6. The van der Waals surface area contributed by atoms with Gasteiger partial charge in [0.1, 0.15) is 0 Å². The predicted octanol–water partition coefficient (Wildman–Crippen LogP) is 2.36. The minimum Gasteiger partial charge on any atom is -0.373 e. The van der Waals surface area contributed by atoms with Crippen LogP contribution in [0.4, 0.5) is 0 Å². The maximum Gasteiger partial charge on any atom is 0.0810 e. The monoisotopic (exact) mass is 140 g/mol. The van der Waals surface area contributed by atoms with E-state index in [1.807, 2.05) is 0 Å². The first-order valence-corrected chi connectivity index (χ1v) is 4.57. The van der Waals surface area contributed by atoms with Gasteiger partial charge in [-0.25, -0.2) is 0 Å². The Hall–Kier alpha value is -0.0400. The van der Waals surface area contributed by atoms with Gasteiger partial charge < -0.3 is 4.74 Å². The molecule has 10 heavy (non-hydrogen) atoms. The van der Waals surface area contributed by atoms with E-state index in [1.54, 1.807) is 0 Å². The van der Waals surface area contributed by atoms with Gasteiger partial charge in [0.25, 0.3) is 0 Å². The van der Waals surface area contributed by atoms with Gasteiger partial charge in [0.15, 0.2) is 0 Å². The van der Waals surface area contributed by atoms with Gasteiger partial charge in [0.05, 0.1) is 12.7 Å². The van der Waals surface area contributed by atoms with Crippen molar-refractivity contribution in [3.05, 3.63) is 0 Å². The Bertz CT molecular complexity index is 101. The fourth-order valence-electron chi connectivity index (χ4n) is 1.96. The standard InChI is InChI=1S/C9H16O/c1-2-4-8(3-1)5-6-9-7-10-9/h8-9H,1-7H2/t9-/m1/s1. The molecule has 1 aliphatic heterocycles. The molecule has 0 spiro atoms. The van der Waals surface area contributed by atoms with Crippen LogP contribution in [-0.4, -0.2) is 12.7 Å². The van der Waals surface area contributed by atoms with E-state index in [2.05, 4.69) is 0 Å². The smallest absolute Gasteiger partial charge is 0.0810 e. The van der Waals surface area contributed by atoms with Crippen molar-refractivity contribution in [2.45, 2.75) is 44.6 Å². The van der Waals surface area contributed by atoms with Gasteiger partial charge in [-0.3, -0.25) is 0 Å². The van der Waals surface area contributed by atoms with Crippen molar-refractivity contribution in [2.24, 2.45) is 5.92 Å². The number of hydrogen-bond acceptors (Lipinski definition) is 1. The summed E-state index contributed by atoms with van der Waals surface area (Å²) in [6, 6.07) is 0. The third-order valence-electron chi connectivity index (χ3n) is 2.77. The zero-order valence-electron chi connectivity index (χ0n) is 6.51. The first kappa shape index (κ1) is 6.66. The molecule has 0 N–H and O–H groups in total. The zero-order chi connectivity index (χ0) is 6.81. The van der Waals surface area contributed by atoms with Crippen molar-refractivity contribution in [1.82, 2.24) is 0 Å². The quantitative estimate of drug-likeness (QED) is 0.548. The summed E-state index contributed by atoms with van der Waals surface area (Å²) in [5.41, 5.74) is 0. The van der Waals surface area contributed by atoms with Gasteiger partial charge >= 0.3 is 0 Å². The number of ether oxygens (including phenoxy) is 1. The lowest BCUT2D eigenvalue weighted by molar-refractivity contribution is 0.368. The molecule has 0 unspecified atom stereocenters. The Kier molecular flexibility index (Phi) is 1.94. The van der Waals surface area contributed by atoms with Crippen molar-refractivity contribution in [3.63, 3.8) is 0 Å². The minimum atomic E-state index is 0.667. The summed E-state index contributed by atoms with van der Waals surface area (Å²) in [5, 5.41) is 0. The van der Waals surface area contributed by atoms with E-state index in [0.29, 0.717) is 6.10 Å². The van der Waals surface area contributed by atoms with Gasteiger partial charge in [-0.15, -0.1) is 0 Å². The molecule has 1 aliphatic carbocycles. The Morgan fingerprint density at radius 3 is 2.40 bits per heavy atom. The molecule has 1 nitrogen and oxygen atoms in total. The average Bonchev–Trinajstić information content (AvgIpc) is 2.63. The molecule has 1 saturated heterocycles. The second-order valence-electron chi connectivity index (χ2n) is 3.68. The summed E-state index contributed by atoms with van der Waals surface area (Å²) in [6.45, 7) is 1.05. The molecule has 1 atom stereocenters. The molecule has 58 valence electrons. The molecule has 0 bridgehead atoms. The molecular formula is C9H16O. The molecule has 2 fully saturated rings. The number of rotatable bonds is 3. The second-order valence-corrected chi connectivity index (χ2v) is 3.68. The van der Waals surface area contributed by atoms with E-state index in [9.17, 15) is 0 Å². The summed E-state index contributed by atoms with van der Waals surface area (Å²) in [7, 11) is 0. The fourth-order valence-corrected chi connectivity index (χ4v) is 1.96. The fraction of sp³-hybridized carbons (Fsp3) is 1.00. The van der Waals surface area contributed by atoms with E-state index in [4.69, 9.17) is 4.74 Å². The molecule has 1 saturated carbocycles. The molecule has 0 aromatic rings. The molecular weight excluding hydrogens is 124 g/mol. The summed E-state index contributed by atoms with van der Waals surface area (Å²) < 4.78 is 5.17. The van der Waals surface area contributed by atoms with Crippen LogP contribution in [0.2, 0.25) is 0 Å². The summed E-state index contributed by atoms with van der Waals surface area (Å²) in [6.07, 6.45) is 9.39. The van der Waals surface area contributed by atoms with Crippen LogP contribution in [0.3, 0.4) is 0 Å². The van der Waals surface area contributed by atoms with Gasteiger partial charge in [-0.2, -0.15) is 0 Å². The van der Waals surface area contributed by atoms with E-state index in [-0.39, 0.29) is 0 Å². The van der Waals surface area contributed by atoms with Crippen LogP contribution in [0, 0.1) is 5.92 Å². The van der Waals surface area contributed by atoms with E-state index >= 15 is 0 Å². The maximum absolute atomic E-state index is 5.17. The van der Waals surface area contributed by atoms with E-state index in [0.717, 1.165) is 12.5 Å². The SMILES string of the molecule is C1CCC(CC[C@@H]2CO2)C1. The summed E-state index contributed by atoms with van der Waals surface area (Å²) >= 11 is 0. The van der Waals surface area contributed by atoms with Crippen molar-refractivity contribution in [1.29, 1.82) is 0 Å². The molecule has 2 rings (SSSR count). The van der Waals surface area contributed by atoms with Crippen LogP contribution in [0.15, 0.2) is 0 Å². The molecule has 2 aliphatic rings. The largest absolute Gasteiger partial charge is 0.373 e. The third-order valence-corrected chi connectivity index (χ3v) is 2.77. The average molecular weight is 140 g/mol. The number of epoxide rings is 1. The van der Waals surface area contributed by atoms with Gasteiger partial charge in [-0.1, -0.05) is 25.7 Å². The molecule has 1 heterocycles. The molecule has 0 aromatic carbocycles. The van der Waals surface area contributed by atoms with Crippen LogP contribution < -0.4 is 0 Å². The maximum atomic E-state index is 5.17. The Balaban J connectivity index is 1.59. The second kappa shape index (κ2) is 2.91. The van der Waals surface area contributed by atoms with Gasteiger partial charge in [-0.05, 0) is 18.8 Å². The lowest BCUT2D eigenvalue weighted by Gasteiger charge is -2.05. The topological polar surface area (TPSA) is 12.5 Å². The number of hydrogen-bond donors (Lipinski definition) is 0. The molecule has 0 amide bonds. The molecule has 1 heteroatoms. The highest BCUT2D eigenvalue weighted by molar-refractivity contribution is 4.73. The Morgan fingerprint density at radius 1 is 1.10 bits per heavy atom. The first-order chi connectivity index (χ1) is 4.95. The van der Waals surface area contributed by atoms with Crippen LogP contribution in [0.25, 0.3) is 0 Å². The van der Waals surface area contributed by atoms with Crippen LogP contribution in [-0.2, 0) is 4.74 Å². The van der Waals surface area contributed by atoms with Crippen molar-refractivity contribution in [2.75, 3.05) is 6.61 Å². The minimum absolute atomic E-state index is 0.667. The van der Waals surface area contributed by atoms with E-state index < -0.39 is 0 Å². The lowest BCUT2D eigenvalue weighted by Crippen LogP contribution is -1.95. The Labute approximate surface area is 62.8 Å². The first-order valence-electron chi connectivity index (χ1n) is 4.57. The van der Waals surface area contributed by atoms with Crippen molar-refractivity contribution < 1.29 is 4.74 Å². The predicted molar refractivity (Wildman–Crippen MR) is 40.9 cm³/mol. The van der Waals surface area contributed by atoms with E-state index in [1.165, 1.54) is 38.5 Å². The van der Waals surface area contributed by atoms with Crippen molar-refractivity contribution in [3.8, 4) is 0 Å². The van der Waals surface area contributed by atoms with Crippen LogP contribution in [0.5, 0.6) is 0 Å². The normalized spacial score (nSPS) is 33.0. The zero-order valence-corrected chi connectivity index (χ0v) is 6.51. The van der Waals surface area contributed by atoms with Gasteiger partial charge in [0.2, 0.25) is 0 Å². The van der Waals surface area contributed by atoms with Crippen LogP contribution in [0.1, 0.15) is 38.5 Å². The lowest BCUT2D eigenvalue weighted by atomic mass is 10.0. The van der Waals surface area contributed by atoms with Crippen molar-refractivity contribution >= 4 is 0 Å². The highest BCUT2D eigenvalue weighted by Crippen LogP contribution is 2.30. The third kappa shape index (κ3) is 1.72. The summed E-state index contributed by atoms with van der Waals surface area (Å²) in [5.74, 6) is 1.06. The summed E-state index contributed by atoms with van der Waals surface area (Å²) in [4.78, 5) is 0. The Morgan fingerprint density at radius 2 is 1.80 bits per heavy atom. The van der Waals surface area contributed by atoms with Gasteiger partial charge in [0, 0.05) is 0 Å². The van der Waals surface area contributed by atoms with Crippen LogP contribution >= 0.6 is 0 Å². The molecule has 0 radical (unpaired) electrons. The molecule has 0 aromatic heterocycles.